The molecular weight excluding hydrogens is 421 g/mol. The number of aromatic hydroxyl groups is 1. The predicted molar refractivity (Wildman–Crippen MR) is 89.9 cm³/mol. The third-order valence-electron chi connectivity index (χ3n) is 3.22. The van der Waals surface area contributed by atoms with Crippen molar-refractivity contribution in [3.63, 3.8) is 0 Å². The molecule has 0 spiro atoms. The monoisotopic (exact) mass is 439 g/mol. The number of hydrogen-bond donors (Lipinski definition) is 2. The molecule has 0 fully saturated rings. The van der Waals surface area contributed by atoms with Crippen molar-refractivity contribution in [1.29, 1.82) is 0 Å². The molecule has 0 radical (unpaired) electrons. The summed E-state index contributed by atoms with van der Waals surface area (Å²) >= 11 is 5.74. The molecule has 1 unspecified atom stereocenters. The van der Waals surface area contributed by atoms with E-state index in [-0.39, 0.29) is 16.5 Å². The van der Waals surface area contributed by atoms with Crippen LogP contribution in [0.4, 0.5) is 0 Å². The molecule has 1 aromatic carbocycles. The summed E-state index contributed by atoms with van der Waals surface area (Å²) in [7, 11) is 0. The molecule has 1 rings (SSSR count). The number of carbonyl (C=O) groups is 1. The maximum absolute atomic E-state index is 12.0. The number of hydrogen-bond acceptors (Lipinski definition) is 2. The van der Waals surface area contributed by atoms with Gasteiger partial charge in [0.2, 0.25) is 0 Å². The van der Waals surface area contributed by atoms with Gasteiger partial charge in [-0.15, -0.1) is 0 Å². The van der Waals surface area contributed by atoms with Crippen LogP contribution in [0.15, 0.2) is 18.2 Å². The average Bonchev–Trinajstić information content (AvgIpc) is 2.40. The van der Waals surface area contributed by atoms with Crippen LogP contribution < -0.4 is 5.32 Å². The highest BCUT2D eigenvalue weighted by molar-refractivity contribution is 14.1. The van der Waals surface area contributed by atoms with Crippen molar-refractivity contribution in [3.05, 3.63) is 27.3 Å². The van der Waals surface area contributed by atoms with Crippen LogP contribution in [0.25, 0.3) is 0 Å². The molecule has 0 heterocycles. The molecule has 0 saturated heterocycles. The van der Waals surface area contributed by atoms with Gasteiger partial charge in [-0.1, -0.05) is 42.6 Å². The van der Waals surface area contributed by atoms with Gasteiger partial charge in [0.25, 0.3) is 5.91 Å². The first-order chi connectivity index (χ1) is 8.99. The predicted octanol–water partition coefficient (Wildman–Crippen LogP) is 3.93. The number of alkyl halides is 1. The lowest BCUT2D eigenvalue weighted by Gasteiger charge is -2.20. The second-order valence-corrected chi connectivity index (χ2v) is 6.89. The molecule has 106 valence electrons. The van der Waals surface area contributed by atoms with Crippen molar-refractivity contribution in [2.45, 2.75) is 31.5 Å². The van der Waals surface area contributed by atoms with Crippen LogP contribution in [0.2, 0.25) is 0 Å². The molecule has 0 bridgehead atoms. The molecule has 3 nitrogen and oxygen atoms in total. The van der Waals surface area contributed by atoms with E-state index in [1.807, 2.05) is 0 Å². The third-order valence-corrected chi connectivity index (χ3v) is 4.96. The van der Waals surface area contributed by atoms with E-state index in [4.69, 9.17) is 0 Å². The first-order valence-corrected chi connectivity index (χ1v) is 8.39. The SMILES string of the molecule is CCC(CC)C(Br)CNC(=O)c1cc(I)ccc1O. The molecule has 2 N–H and O–H groups in total. The van der Waals surface area contributed by atoms with Gasteiger partial charge >= 0.3 is 0 Å². The molecule has 5 heteroatoms. The van der Waals surface area contributed by atoms with Crippen LogP contribution in [-0.2, 0) is 0 Å². The number of phenols is 1. The molecule has 19 heavy (non-hydrogen) atoms. The van der Waals surface area contributed by atoms with Gasteiger partial charge in [-0.3, -0.25) is 4.79 Å². The summed E-state index contributed by atoms with van der Waals surface area (Å²) in [6, 6.07) is 5.00. The zero-order valence-electron chi connectivity index (χ0n) is 11.1. The molecule has 0 aliphatic carbocycles. The second-order valence-electron chi connectivity index (χ2n) is 4.46. The molecule has 0 aliphatic heterocycles. The van der Waals surface area contributed by atoms with E-state index in [1.165, 1.54) is 0 Å². The summed E-state index contributed by atoms with van der Waals surface area (Å²) in [5.74, 6) is 0.336. The maximum Gasteiger partial charge on any atom is 0.255 e. The smallest absolute Gasteiger partial charge is 0.255 e. The largest absolute Gasteiger partial charge is 0.507 e. The zero-order chi connectivity index (χ0) is 14.4. The van der Waals surface area contributed by atoms with Gasteiger partial charge in [-0.2, -0.15) is 0 Å². The van der Waals surface area contributed by atoms with E-state index in [0.29, 0.717) is 18.0 Å². The van der Waals surface area contributed by atoms with E-state index in [1.54, 1.807) is 18.2 Å². The Hall–Kier alpha value is -0.300. The van der Waals surface area contributed by atoms with E-state index >= 15 is 0 Å². The molecule has 1 aromatic rings. The number of carbonyl (C=O) groups excluding carboxylic acids is 1. The van der Waals surface area contributed by atoms with Gasteiger partial charge < -0.3 is 10.4 Å². The quantitative estimate of drug-likeness (QED) is 0.521. The summed E-state index contributed by atoms with van der Waals surface area (Å²) in [4.78, 5) is 12.3. The highest BCUT2D eigenvalue weighted by Gasteiger charge is 2.17. The van der Waals surface area contributed by atoms with Crippen molar-refractivity contribution in [3.8, 4) is 5.75 Å². The normalized spacial score (nSPS) is 12.5. The fourth-order valence-corrected chi connectivity index (χ4v) is 3.34. The number of amides is 1. The van der Waals surface area contributed by atoms with E-state index in [2.05, 4.69) is 57.7 Å². The standard InChI is InChI=1S/C14H19BrINO2/c1-3-9(4-2)12(15)8-17-14(19)11-7-10(16)5-6-13(11)18/h5-7,9,12,18H,3-4,8H2,1-2H3,(H,17,19). The molecule has 0 aromatic heterocycles. The summed E-state index contributed by atoms with van der Waals surface area (Å²) < 4.78 is 0.927. The Balaban J connectivity index is 2.63. The first kappa shape index (κ1) is 16.8. The van der Waals surface area contributed by atoms with Crippen LogP contribution >= 0.6 is 38.5 Å². The topological polar surface area (TPSA) is 49.3 Å². The fraction of sp³-hybridized carbons (Fsp3) is 0.500. The number of phenolic OH excluding ortho intramolecular Hbond substituents is 1. The first-order valence-electron chi connectivity index (χ1n) is 6.40. The van der Waals surface area contributed by atoms with Gasteiger partial charge in [-0.05, 0) is 46.7 Å². The minimum atomic E-state index is -0.230. The summed E-state index contributed by atoms with van der Waals surface area (Å²) in [6.07, 6.45) is 2.16. The lowest BCUT2D eigenvalue weighted by atomic mass is 9.99. The van der Waals surface area contributed by atoms with Crippen molar-refractivity contribution in [1.82, 2.24) is 5.32 Å². The minimum Gasteiger partial charge on any atom is -0.507 e. The summed E-state index contributed by atoms with van der Waals surface area (Å²) in [6.45, 7) is 4.86. The van der Waals surface area contributed by atoms with Crippen LogP contribution in [-0.4, -0.2) is 22.4 Å². The van der Waals surface area contributed by atoms with Crippen molar-refractivity contribution in [2.24, 2.45) is 5.92 Å². The molecule has 1 atom stereocenters. The Labute approximate surface area is 136 Å². The summed E-state index contributed by atoms with van der Waals surface area (Å²) in [5, 5.41) is 12.6. The van der Waals surface area contributed by atoms with Crippen LogP contribution in [0.5, 0.6) is 5.75 Å². The zero-order valence-corrected chi connectivity index (χ0v) is 14.9. The third kappa shape index (κ3) is 4.95. The van der Waals surface area contributed by atoms with E-state index in [0.717, 1.165) is 16.4 Å². The Bertz CT molecular complexity index is 435. The highest BCUT2D eigenvalue weighted by atomic mass is 127. The number of benzene rings is 1. The number of halogens is 2. The summed E-state index contributed by atoms with van der Waals surface area (Å²) in [5.41, 5.74) is 0.330. The second kappa shape index (κ2) is 8.09. The Morgan fingerprint density at radius 3 is 2.63 bits per heavy atom. The number of nitrogens with one attached hydrogen (secondary N) is 1. The molecule has 0 saturated carbocycles. The van der Waals surface area contributed by atoms with Gasteiger partial charge in [-0.25, -0.2) is 0 Å². The molecule has 0 aliphatic rings. The van der Waals surface area contributed by atoms with Crippen LogP contribution in [0.3, 0.4) is 0 Å². The van der Waals surface area contributed by atoms with Crippen molar-refractivity contribution >= 4 is 44.4 Å². The van der Waals surface area contributed by atoms with Crippen LogP contribution in [0, 0.1) is 9.49 Å². The van der Waals surface area contributed by atoms with Crippen molar-refractivity contribution < 1.29 is 9.90 Å². The average molecular weight is 440 g/mol. The lowest BCUT2D eigenvalue weighted by molar-refractivity contribution is 0.0949. The van der Waals surface area contributed by atoms with Gasteiger partial charge in [0.1, 0.15) is 5.75 Å². The van der Waals surface area contributed by atoms with Crippen LogP contribution in [0.1, 0.15) is 37.0 Å². The van der Waals surface area contributed by atoms with Gasteiger partial charge in [0, 0.05) is 14.9 Å². The van der Waals surface area contributed by atoms with Gasteiger partial charge in [0.05, 0.1) is 5.56 Å². The highest BCUT2D eigenvalue weighted by Crippen LogP contribution is 2.21. The van der Waals surface area contributed by atoms with E-state index < -0.39 is 0 Å². The fourth-order valence-electron chi connectivity index (χ4n) is 1.94. The molecule has 1 amide bonds. The minimum absolute atomic E-state index is 0.0200. The Morgan fingerprint density at radius 1 is 1.42 bits per heavy atom. The van der Waals surface area contributed by atoms with Gasteiger partial charge in [0.15, 0.2) is 0 Å². The molecular formula is C14H19BrINO2. The Kier molecular flexibility index (Phi) is 7.13. The maximum atomic E-state index is 12.0. The lowest BCUT2D eigenvalue weighted by Crippen LogP contribution is -2.33. The number of rotatable bonds is 6. The Morgan fingerprint density at radius 2 is 2.05 bits per heavy atom. The van der Waals surface area contributed by atoms with E-state index in [9.17, 15) is 9.90 Å². The van der Waals surface area contributed by atoms with Crippen molar-refractivity contribution in [2.75, 3.05) is 6.54 Å².